The molecular formula is C13H7BrCl2FNO. The summed E-state index contributed by atoms with van der Waals surface area (Å²) in [7, 11) is 0. The second-order valence-corrected chi connectivity index (χ2v) is 5.46. The smallest absolute Gasteiger partial charge is 0.256 e. The Morgan fingerprint density at radius 1 is 1.11 bits per heavy atom. The van der Waals surface area contributed by atoms with Crippen LogP contribution in [0.5, 0.6) is 0 Å². The van der Waals surface area contributed by atoms with Crippen molar-refractivity contribution in [2.45, 2.75) is 0 Å². The fraction of sp³-hybridized carbons (Fsp3) is 0. The van der Waals surface area contributed by atoms with E-state index in [0.29, 0.717) is 15.1 Å². The Bertz CT molecular complexity index is 628. The molecule has 98 valence electrons. The molecule has 2 rings (SSSR count). The van der Waals surface area contributed by atoms with Crippen molar-refractivity contribution >= 4 is 50.7 Å². The largest absolute Gasteiger partial charge is 0.322 e. The molecule has 0 fully saturated rings. The Morgan fingerprint density at radius 3 is 2.47 bits per heavy atom. The number of benzene rings is 2. The van der Waals surface area contributed by atoms with Crippen LogP contribution in [-0.4, -0.2) is 5.91 Å². The molecule has 0 aliphatic heterocycles. The molecule has 1 N–H and O–H groups in total. The predicted molar refractivity (Wildman–Crippen MR) is 78.5 cm³/mol. The lowest BCUT2D eigenvalue weighted by Gasteiger charge is -2.07. The quantitative estimate of drug-likeness (QED) is 0.786. The van der Waals surface area contributed by atoms with Crippen molar-refractivity contribution in [2.24, 2.45) is 0 Å². The number of carbonyl (C=O) groups is 1. The summed E-state index contributed by atoms with van der Waals surface area (Å²) in [6.07, 6.45) is 0. The summed E-state index contributed by atoms with van der Waals surface area (Å²) in [6, 6.07) is 8.59. The Balaban J connectivity index is 2.25. The summed E-state index contributed by atoms with van der Waals surface area (Å²) in [5, 5.41) is 3.29. The Morgan fingerprint density at radius 2 is 1.84 bits per heavy atom. The van der Waals surface area contributed by atoms with E-state index in [0.717, 1.165) is 6.07 Å². The zero-order valence-corrected chi connectivity index (χ0v) is 12.5. The monoisotopic (exact) mass is 361 g/mol. The highest BCUT2D eigenvalue weighted by atomic mass is 79.9. The van der Waals surface area contributed by atoms with E-state index in [1.807, 2.05) is 0 Å². The molecule has 0 radical (unpaired) electrons. The average molecular weight is 363 g/mol. The van der Waals surface area contributed by atoms with Crippen molar-refractivity contribution < 1.29 is 9.18 Å². The maximum absolute atomic E-state index is 13.2. The minimum atomic E-state index is -0.516. The van der Waals surface area contributed by atoms with Crippen molar-refractivity contribution in [1.29, 1.82) is 0 Å². The molecule has 6 heteroatoms. The number of anilines is 1. The van der Waals surface area contributed by atoms with Crippen LogP contribution in [0.2, 0.25) is 10.0 Å². The summed E-state index contributed by atoms with van der Waals surface area (Å²) in [4.78, 5) is 12.0. The molecule has 2 nitrogen and oxygen atoms in total. The van der Waals surface area contributed by atoms with Crippen LogP contribution in [0.15, 0.2) is 40.9 Å². The van der Waals surface area contributed by atoms with E-state index in [9.17, 15) is 9.18 Å². The molecule has 0 atom stereocenters. The normalized spacial score (nSPS) is 10.3. The number of hydrogen-bond donors (Lipinski definition) is 1. The number of hydrogen-bond acceptors (Lipinski definition) is 1. The maximum Gasteiger partial charge on any atom is 0.256 e. The van der Waals surface area contributed by atoms with Gasteiger partial charge in [0, 0.05) is 20.2 Å². The minimum Gasteiger partial charge on any atom is -0.322 e. The van der Waals surface area contributed by atoms with Crippen LogP contribution in [0.4, 0.5) is 10.1 Å². The van der Waals surface area contributed by atoms with E-state index < -0.39 is 5.82 Å². The van der Waals surface area contributed by atoms with Gasteiger partial charge in [0.15, 0.2) is 0 Å². The van der Waals surface area contributed by atoms with Crippen molar-refractivity contribution in [3.05, 3.63) is 62.3 Å². The van der Waals surface area contributed by atoms with Gasteiger partial charge in [0.1, 0.15) is 5.82 Å². The van der Waals surface area contributed by atoms with E-state index in [1.165, 1.54) is 12.1 Å². The van der Waals surface area contributed by atoms with Crippen LogP contribution < -0.4 is 5.32 Å². The fourth-order valence-corrected chi connectivity index (χ4v) is 2.58. The van der Waals surface area contributed by atoms with Gasteiger partial charge in [-0.2, -0.15) is 0 Å². The third-order valence-electron chi connectivity index (χ3n) is 2.30. The molecular weight excluding hydrogens is 356 g/mol. The molecule has 1 amide bonds. The lowest BCUT2D eigenvalue weighted by Crippen LogP contribution is -2.12. The molecule has 2 aromatic rings. The third kappa shape index (κ3) is 3.69. The summed E-state index contributed by atoms with van der Waals surface area (Å²) in [6.45, 7) is 0. The van der Waals surface area contributed by atoms with E-state index in [4.69, 9.17) is 23.2 Å². The molecule has 2 aromatic carbocycles. The second kappa shape index (κ2) is 5.90. The van der Waals surface area contributed by atoms with Crippen molar-refractivity contribution in [3.8, 4) is 0 Å². The average Bonchev–Trinajstić information content (AvgIpc) is 2.26. The predicted octanol–water partition coefficient (Wildman–Crippen LogP) is 5.15. The van der Waals surface area contributed by atoms with E-state index in [-0.39, 0.29) is 16.6 Å². The number of amides is 1. The standard InChI is InChI=1S/C13H7BrCl2FNO/c14-12-5-7(15)1-2-11(12)13(19)18-10-4-8(16)3-9(17)6-10/h1-6H,(H,18,19). The highest BCUT2D eigenvalue weighted by molar-refractivity contribution is 9.10. The van der Waals surface area contributed by atoms with Crippen molar-refractivity contribution in [2.75, 3.05) is 5.32 Å². The molecule has 0 bridgehead atoms. The zero-order chi connectivity index (χ0) is 14.0. The highest BCUT2D eigenvalue weighted by Gasteiger charge is 2.11. The lowest BCUT2D eigenvalue weighted by atomic mass is 10.2. The molecule has 0 aromatic heterocycles. The summed E-state index contributed by atoms with van der Waals surface area (Å²) in [5.41, 5.74) is 0.682. The number of halogens is 4. The van der Waals surface area contributed by atoms with Gasteiger partial charge in [-0.3, -0.25) is 4.79 Å². The Labute approximate surface area is 127 Å². The Kier molecular flexibility index (Phi) is 4.45. The van der Waals surface area contributed by atoms with Gasteiger partial charge in [-0.05, 0) is 52.3 Å². The number of nitrogens with one attached hydrogen (secondary N) is 1. The van der Waals surface area contributed by atoms with Crippen LogP contribution in [0.1, 0.15) is 10.4 Å². The first-order valence-electron chi connectivity index (χ1n) is 5.18. The second-order valence-electron chi connectivity index (χ2n) is 3.74. The van der Waals surface area contributed by atoms with Gasteiger partial charge in [0.2, 0.25) is 0 Å². The van der Waals surface area contributed by atoms with E-state index >= 15 is 0 Å². The molecule has 0 unspecified atom stereocenters. The molecule has 0 aliphatic rings. The van der Waals surface area contributed by atoms with Crippen LogP contribution in [0, 0.1) is 5.82 Å². The topological polar surface area (TPSA) is 29.1 Å². The van der Waals surface area contributed by atoms with Gasteiger partial charge in [-0.1, -0.05) is 23.2 Å². The lowest BCUT2D eigenvalue weighted by molar-refractivity contribution is 0.102. The molecule has 0 heterocycles. The highest BCUT2D eigenvalue weighted by Crippen LogP contribution is 2.23. The van der Waals surface area contributed by atoms with Crippen molar-refractivity contribution in [1.82, 2.24) is 0 Å². The summed E-state index contributed by atoms with van der Waals surface area (Å²) >= 11 is 14.8. The van der Waals surface area contributed by atoms with Crippen LogP contribution in [-0.2, 0) is 0 Å². The van der Waals surface area contributed by atoms with Gasteiger partial charge in [-0.15, -0.1) is 0 Å². The van der Waals surface area contributed by atoms with E-state index in [2.05, 4.69) is 21.2 Å². The van der Waals surface area contributed by atoms with Crippen LogP contribution in [0.3, 0.4) is 0 Å². The first kappa shape index (κ1) is 14.3. The van der Waals surface area contributed by atoms with Crippen LogP contribution >= 0.6 is 39.1 Å². The van der Waals surface area contributed by atoms with Crippen molar-refractivity contribution in [3.63, 3.8) is 0 Å². The van der Waals surface area contributed by atoms with Gasteiger partial charge >= 0.3 is 0 Å². The molecule has 0 spiro atoms. The Hall–Kier alpha value is -1.10. The molecule has 19 heavy (non-hydrogen) atoms. The maximum atomic E-state index is 13.2. The first-order chi connectivity index (χ1) is 8.95. The SMILES string of the molecule is O=C(Nc1cc(F)cc(Cl)c1)c1ccc(Cl)cc1Br. The number of rotatable bonds is 2. The van der Waals surface area contributed by atoms with Gasteiger partial charge in [0.05, 0.1) is 5.56 Å². The first-order valence-corrected chi connectivity index (χ1v) is 6.73. The van der Waals surface area contributed by atoms with Gasteiger partial charge < -0.3 is 5.32 Å². The molecule has 0 saturated heterocycles. The summed E-state index contributed by atoms with van der Waals surface area (Å²) in [5.74, 6) is -0.900. The van der Waals surface area contributed by atoms with E-state index in [1.54, 1.807) is 18.2 Å². The molecule has 0 aliphatic carbocycles. The van der Waals surface area contributed by atoms with Gasteiger partial charge in [-0.25, -0.2) is 4.39 Å². The van der Waals surface area contributed by atoms with Gasteiger partial charge in [0.25, 0.3) is 5.91 Å². The number of carbonyl (C=O) groups excluding carboxylic acids is 1. The molecule has 0 saturated carbocycles. The van der Waals surface area contributed by atoms with Crippen LogP contribution in [0.25, 0.3) is 0 Å². The zero-order valence-electron chi connectivity index (χ0n) is 9.38. The summed E-state index contributed by atoms with van der Waals surface area (Å²) < 4.78 is 13.7. The third-order valence-corrected chi connectivity index (χ3v) is 3.41. The fourth-order valence-electron chi connectivity index (χ4n) is 1.50. The minimum absolute atomic E-state index is 0.213.